The van der Waals surface area contributed by atoms with E-state index < -0.39 is 0 Å². The molecule has 1 saturated heterocycles. The number of piperidine rings is 1. The number of carbonyl (C=O) groups excluding carboxylic acids is 2. The molecule has 1 aromatic heterocycles. The van der Waals surface area contributed by atoms with Gasteiger partial charge in [-0.15, -0.1) is 11.3 Å². The summed E-state index contributed by atoms with van der Waals surface area (Å²) in [6.45, 7) is 5.68. The van der Waals surface area contributed by atoms with Crippen LogP contribution in [0, 0.1) is 6.92 Å². The van der Waals surface area contributed by atoms with Crippen LogP contribution in [0.4, 0.5) is 0 Å². The number of nitrogens with zero attached hydrogens (tertiary/aromatic N) is 2. The van der Waals surface area contributed by atoms with E-state index in [1.165, 1.54) is 11.3 Å². The van der Waals surface area contributed by atoms with Gasteiger partial charge >= 0.3 is 0 Å². The van der Waals surface area contributed by atoms with Gasteiger partial charge in [-0.1, -0.05) is 18.2 Å². The first-order valence-corrected chi connectivity index (χ1v) is 12.7. The van der Waals surface area contributed by atoms with E-state index >= 15 is 0 Å². The smallest absolute Gasteiger partial charge is 0.263 e. The minimum atomic E-state index is -0.101. The number of nitrogens with one attached hydrogen (secondary N) is 1. The maximum Gasteiger partial charge on any atom is 0.263 e. The summed E-state index contributed by atoms with van der Waals surface area (Å²) < 4.78 is 10.9. The summed E-state index contributed by atoms with van der Waals surface area (Å²) in [6.07, 6.45) is 1.77. The van der Waals surface area contributed by atoms with Gasteiger partial charge in [-0.05, 0) is 57.0 Å². The summed E-state index contributed by atoms with van der Waals surface area (Å²) in [5.41, 5.74) is 2.57. The Morgan fingerprint density at radius 2 is 1.83 bits per heavy atom. The standard InChI is InChI=1S/C27H31N3O4S/c1-4-34-22-11-9-19(10-12-22)27-28-18(2)25(35-27)26(32)29-21-13-15-30(16-14-21)24(31)17-20-7-5-6-8-23(20)33-3/h5-12,21H,4,13-17H2,1-3H3,(H,29,32). The minimum absolute atomic E-state index is 0.0354. The summed E-state index contributed by atoms with van der Waals surface area (Å²) in [6, 6.07) is 15.4. The van der Waals surface area contributed by atoms with Crippen molar-refractivity contribution in [2.75, 3.05) is 26.8 Å². The molecule has 0 aliphatic carbocycles. The Morgan fingerprint density at radius 1 is 1.11 bits per heavy atom. The summed E-state index contributed by atoms with van der Waals surface area (Å²) >= 11 is 1.40. The lowest BCUT2D eigenvalue weighted by molar-refractivity contribution is -0.131. The van der Waals surface area contributed by atoms with Crippen molar-refractivity contribution in [3.63, 3.8) is 0 Å². The average Bonchev–Trinajstić information content (AvgIpc) is 3.27. The first-order valence-electron chi connectivity index (χ1n) is 11.9. The highest BCUT2D eigenvalue weighted by atomic mass is 32.1. The summed E-state index contributed by atoms with van der Waals surface area (Å²) in [5.74, 6) is 1.52. The molecular formula is C27H31N3O4S. The average molecular weight is 494 g/mol. The molecule has 4 rings (SSSR count). The Labute approximate surface area is 210 Å². The van der Waals surface area contributed by atoms with Gasteiger partial charge in [0.05, 0.1) is 25.8 Å². The highest BCUT2D eigenvalue weighted by Crippen LogP contribution is 2.29. The van der Waals surface area contributed by atoms with E-state index in [4.69, 9.17) is 9.47 Å². The molecule has 0 radical (unpaired) electrons. The molecule has 2 aromatic carbocycles. The molecule has 8 heteroatoms. The van der Waals surface area contributed by atoms with Crippen LogP contribution >= 0.6 is 11.3 Å². The van der Waals surface area contributed by atoms with E-state index in [2.05, 4.69) is 10.3 Å². The molecular weight excluding hydrogens is 462 g/mol. The SMILES string of the molecule is CCOc1ccc(-c2nc(C)c(C(=O)NC3CCN(C(=O)Cc4ccccc4OC)CC3)s2)cc1. The normalized spacial score (nSPS) is 14.0. The minimum Gasteiger partial charge on any atom is -0.496 e. The van der Waals surface area contributed by atoms with Gasteiger partial charge in [0.1, 0.15) is 21.4 Å². The third-order valence-corrected chi connectivity index (χ3v) is 7.34. The van der Waals surface area contributed by atoms with E-state index in [1.807, 2.05) is 67.3 Å². The number of para-hydroxylation sites is 1. The lowest BCUT2D eigenvalue weighted by Gasteiger charge is -2.32. The van der Waals surface area contributed by atoms with E-state index in [1.54, 1.807) is 7.11 Å². The van der Waals surface area contributed by atoms with Crippen LogP contribution in [0.1, 0.15) is 40.7 Å². The van der Waals surface area contributed by atoms with Gasteiger partial charge in [0.25, 0.3) is 5.91 Å². The second-order valence-electron chi connectivity index (χ2n) is 8.51. The number of methoxy groups -OCH3 is 1. The third kappa shape index (κ3) is 6.00. The zero-order valence-corrected chi connectivity index (χ0v) is 21.2. The van der Waals surface area contributed by atoms with Crippen molar-refractivity contribution in [3.05, 3.63) is 64.7 Å². The zero-order valence-electron chi connectivity index (χ0n) is 20.4. The number of ether oxygens (including phenoxy) is 2. The number of aromatic nitrogens is 1. The van der Waals surface area contributed by atoms with Crippen LogP contribution in [-0.2, 0) is 11.2 Å². The van der Waals surface area contributed by atoms with Crippen molar-refractivity contribution < 1.29 is 19.1 Å². The number of hydrogen-bond acceptors (Lipinski definition) is 6. The Kier molecular flexibility index (Phi) is 8.02. The molecule has 0 spiro atoms. The van der Waals surface area contributed by atoms with E-state index in [-0.39, 0.29) is 17.9 Å². The zero-order chi connectivity index (χ0) is 24.8. The van der Waals surface area contributed by atoms with Crippen molar-refractivity contribution in [3.8, 4) is 22.1 Å². The molecule has 1 aliphatic rings. The first-order chi connectivity index (χ1) is 17.0. The van der Waals surface area contributed by atoms with Gasteiger partial charge in [0.15, 0.2) is 0 Å². The van der Waals surface area contributed by atoms with Crippen molar-refractivity contribution in [1.82, 2.24) is 15.2 Å². The Morgan fingerprint density at radius 3 is 2.51 bits per heavy atom. The van der Waals surface area contributed by atoms with Crippen molar-refractivity contribution >= 4 is 23.2 Å². The van der Waals surface area contributed by atoms with Crippen LogP contribution in [0.25, 0.3) is 10.6 Å². The second-order valence-corrected chi connectivity index (χ2v) is 9.51. The molecule has 0 atom stereocenters. The van der Waals surface area contributed by atoms with Gasteiger partial charge < -0.3 is 19.7 Å². The molecule has 2 amide bonds. The number of benzene rings is 2. The van der Waals surface area contributed by atoms with Crippen LogP contribution in [0.2, 0.25) is 0 Å². The van der Waals surface area contributed by atoms with E-state index in [9.17, 15) is 9.59 Å². The molecule has 1 N–H and O–H groups in total. The number of likely N-dealkylation sites (tertiary alicyclic amines) is 1. The molecule has 2 heterocycles. The number of aryl methyl sites for hydroxylation is 1. The summed E-state index contributed by atoms with van der Waals surface area (Å²) in [4.78, 5) is 32.9. The van der Waals surface area contributed by atoms with Gasteiger partial charge in [0.2, 0.25) is 5.91 Å². The Bertz CT molecular complexity index is 1170. The lowest BCUT2D eigenvalue weighted by Crippen LogP contribution is -2.47. The fraction of sp³-hybridized carbons (Fsp3) is 0.370. The molecule has 184 valence electrons. The van der Waals surface area contributed by atoms with Crippen molar-refractivity contribution in [2.45, 2.75) is 39.2 Å². The Balaban J connectivity index is 1.31. The molecule has 0 unspecified atom stereocenters. The maximum absolute atomic E-state index is 13.0. The second kappa shape index (κ2) is 11.4. The maximum atomic E-state index is 13.0. The van der Waals surface area contributed by atoms with Crippen LogP contribution in [0.15, 0.2) is 48.5 Å². The van der Waals surface area contributed by atoms with Crippen LogP contribution in [0.3, 0.4) is 0 Å². The number of rotatable bonds is 8. The molecule has 0 saturated carbocycles. The molecule has 7 nitrogen and oxygen atoms in total. The third-order valence-electron chi connectivity index (χ3n) is 6.13. The monoisotopic (exact) mass is 493 g/mol. The van der Waals surface area contributed by atoms with E-state index in [0.29, 0.717) is 31.0 Å². The number of amides is 2. The molecule has 1 aliphatic heterocycles. The van der Waals surface area contributed by atoms with Crippen LogP contribution in [-0.4, -0.2) is 54.5 Å². The van der Waals surface area contributed by atoms with Gasteiger partial charge in [-0.3, -0.25) is 9.59 Å². The van der Waals surface area contributed by atoms with Gasteiger partial charge in [0, 0.05) is 30.3 Å². The fourth-order valence-corrected chi connectivity index (χ4v) is 5.21. The topological polar surface area (TPSA) is 80.8 Å². The van der Waals surface area contributed by atoms with Gasteiger partial charge in [-0.25, -0.2) is 4.98 Å². The number of thiazole rings is 1. The highest BCUT2D eigenvalue weighted by Gasteiger charge is 2.26. The fourth-order valence-electron chi connectivity index (χ4n) is 4.24. The predicted octanol–water partition coefficient (Wildman–Crippen LogP) is 4.49. The predicted molar refractivity (Wildman–Crippen MR) is 137 cm³/mol. The number of hydrogen-bond donors (Lipinski definition) is 1. The number of carbonyl (C=O) groups is 2. The van der Waals surface area contributed by atoms with Crippen molar-refractivity contribution in [2.24, 2.45) is 0 Å². The largest absolute Gasteiger partial charge is 0.496 e. The van der Waals surface area contributed by atoms with E-state index in [0.717, 1.165) is 46.2 Å². The van der Waals surface area contributed by atoms with Gasteiger partial charge in [-0.2, -0.15) is 0 Å². The summed E-state index contributed by atoms with van der Waals surface area (Å²) in [7, 11) is 1.61. The Hall–Kier alpha value is -3.39. The molecule has 0 bridgehead atoms. The molecule has 3 aromatic rings. The summed E-state index contributed by atoms with van der Waals surface area (Å²) in [5, 5.41) is 3.96. The highest BCUT2D eigenvalue weighted by molar-refractivity contribution is 7.17. The quantitative estimate of drug-likeness (QED) is 0.500. The van der Waals surface area contributed by atoms with Crippen LogP contribution < -0.4 is 14.8 Å². The van der Waals surface area contributed by atoms with Crippen molar-refractivity contribution in [1.29, 1.82) is 0 Å². The van der Waals surface area contributed by atoms with Crippen LogP contribution in [0.5, 0.6) is 11.5 Å². The molecule has 1 fully saturated rings. The molecule has 35 heavy (non-hydrogen) atoms. The first kappa shape index (κ1) is 24.7. The lowest BCUT2D eigenvalue weighted by atomic mass is 10.0.